The molecule has 1 saturated heterocycles. The van der Waals surface area contributed by atoms with Gasteiger partial charge in [0.15, 0.2) is 22.4 Å². The maximum atomic E-state index is 13.1. The molecule has 0 spiro atoms. The highest BCUT2D eigenvalue weighted by Crippen LogP contribution is 2.37. The van der Waals surface area contributed by atoms with Crippen molar-refractivity contribution in [1.29, 1.82) is 0 Å². The third-order valence-electron chi connectivity index (χ3n) is 5.50. The van der Waals surface area contributed by atoms with Gasteiger partial charge in [-0.2, -0.15) is 0 Å². The number of thiocarbonyl (C=S) groups is 1. The third-order valence-corrected chi connectivity index (χ3v) is 7.21. The number of carbonyl (C=O) groups excluding carboxylic acids is 2. The third kappa shape index (κ3) is 6.48. The normalized spacial score (nSPS) is 14.1. The topological polar surface area (TPSA) is 77.1 Å². The summed E-state index contributed by atoms with van der Waals surface area (Å²) in [6.07, 6.45) is 1.74. The average molecular weight is 569 g/mol. The summed E-state index contributed by atoms with van der Waals surface area (Å²) < 4.78 is 17.0. The first-order valence-corrected chi connectivity index (χ1v) is 13.3. The van der Waals surface area contributed by atoms with Crippen molar-refractivity contribution < 1.29 is 23.8 Å². The van der Waals surface area contributed by atoms with E-state index in [0.29, 0.717) is 43.7 Å². The van der Waals surface area contributed by atoms with Gasteiger partial charge in [-0.25, -0.2) is 0 Å². The average Bonchev–Trinajstić information content (AvgIpc) is 3.18. The number of methoxy groups -OCH3 is 1. The van der Waals surface area contributed by atoms with Gasteiger partial charge >= 0.3 is 0 Å². The second kappa shape index (κ2) is 12.3. The number of hydrogen-bond donors (Lipinski definition) is 1. The molecule has 196 valence electrons. The van der Waals surface area contributed by atoms with Crippen molar-refractivity contribution in [2.75, 3.05) is 30.5 Å². The van der Waals surface area contributed by atoms with Crippen LogP contribution in [-0.2, 0) is 9.59 Å². The van der Waals surface area contributed by atoms with Gasteiger partial charge in [0.2, 0.25) is 0 Å². The summed E-state index contributed by atoms with van der Waals surface area (Å²) >= 11 is 12.8. The molecule has 1 N–H and O–H groups in total. The van der Waals surface area contributed by atoms with Crippen molar-refractivity contribution in [3.05, 3.63) is 81.7 Å². The first-order valence-electron chi connectivity index (χ1n) is 11.7. The Bertz CT molecular complexity index is 1410. The minimum atomic E-state index is -0.339. The number of ether oxygens (including phenoxy) is 3. The number of benzene rings is 3. The number of anilines is 2. The predicted octanol–water partition coefficient (Wildman–Crippen LogP) is 6.48. The number of halogens is 1. The minimum absolute atomic E-state index is 0.212. The van der Waals surface area contributed by atoms with Crippen molar-refractivity contribution in [3.63, 3.8) is 0 Å². The second-order valence-corrected chi connectivity index (χ2v) is 10.2. The lowest BCUT2D eigenvalue weighted by Gasteiger charge is -2.15. The van der Waals surface area contributed by atoms with E-state index in [2.05, 4.69) is 5.32 Å². The lowest BCUT2D eigenvalue weighted by molar-refractivity contribution is -0.118. The molecule has 1 aliphatic heterocycles. The van der Waals surface area contributed by atoms with Crippen LogP contribution in [0.1, 0.15) is 18.1 Å². The van der Waals surface area contributed by atoms with E-state index < -0.39 is 0 Å². The van der Waals surface area contributed by atoms with E-state index >= 15 is 0 Å². The van der Waals surface area contributed by atoms with Crippen LogP contribution in [0.25, 0.3) is 6.08 Å². The summed E-state index contributed by atoms with van der Waals surface area (Å²) in [6, 6.07) is 17.7. The molecule has 3 aromatic rings. The van der Waals surface area contributed by atoms with Crippen LogP contribution < -0.4 is 24.4 Å². The summed E-state index contributed by atoms with van der Waals surface area (Å²) in [5.41, 5.74) is 2.90. The zero-order valence-corrected chi connectivity index (χ0v) is 23.3. The Balaban J connectivity index is 1.43. The molecule has 0 unspecified atom stereocenters. The molecule has 38 heavy (non-hydrogen) atoms. The number of nitrogens with zero attached hydrogens (tertiary/aromatic N) is 1. The Labute approximate surface area is 235 Å². The van der Waals surface area contributed by atoms with Crippen LogP contribution in [0.2, 0.25) is 5.02 Å². The molecule has 0 radical (unpaired) electrons. The highest BCUT2D eigenvalue weighted by atomic mass is 35.5. The lowest BCUT2D eigenvalue weighted by atomic mass is 10.1. The summed E-state index contributed by atoms with van der Waals surface area (Å²) in [6.45, 7) is 4.14. The Kier molecular flexibility index (Phi) is 8.93. The molecule has 0 bridgehead atoms. The minimum Gasteiger partial charge on any atom is -0.494 e. The Morgan fingerprint density at radius 3 is 2.53 bits per heavy atom. The van der Waals surface area contributed by atoms with Gasteiger partial charge in [0.25, 0.3) is 11.8 Å². The Morgan fingerprint density at radius 1 is 1.08 bits per heavy atom. The fourth-order valence-electron chi connectivity index (χ4n) is 3.60. The van der Waals surface area contributed by atoms with Gasteiger partial charge in [-0.05, 0) is 79.6 Å². The SMILES string of the molecule is CCOc1ccc(N2C(=O)/C(=C/c3ccc(OCC(=O)Nc4ccc(C)c(Cl)c4)c(OC)c3)SC2=S)cc1. The van der Waals surface area contributed by atoms with Gasteiger partial charge < -0.3 is 19.5 Å². The molecule has 0 aromatic heterocycles. The molecular weight excluding hydrogens is 544 g/mol. The van der Waals surface area contributed by atoms with Crippen LogP contribution in [0.3, 0.4) is 0 Å². The van der Waals surface area contributed by atoms with E-state index in [9.17, 15) is 9.59 Å². The summed E-state index contributed by atoms with van der Waals surface area (Å²) in [5, 5.41) is 3.32. The molecular formula is C28H25ClN2O5S2. The van der Waals surface area contributed by atoms with E-state index in [-0.39, 0.29) is 18.4 Å². The monoisotopic (exact) mass is 568 g/mol. The molecule has 0 atom stereocenters. The number of nitrogens with one attached hydrogen (secondary N) is 1. The van der Waals surface area contributed by atoms with Crippen LogP contribution in [0.15, 0.2) is 65.6 Å². The zero-order chi connectivity index (χ0) is 27.2. The van der Waals surface area contributed by atoms with E-state index in [0.717, 1.165) is 16.9 Å². The fourth-order valence-corrected chi connectivity index (χ4v) is 5.08. The second-order valence-electron chi connectivity index (χ2n) is 8.16. The van der Waals surface area contributed by atoms with Crippen molar-refractivity contribution >= 4 is 69.2 Å². The summed E-state index contributed by atoms with van der Waals surface area (Å²) in [7, 11) is 1.51. The summed E-state index contributed by atoms with van der Waals surface area (Å²) in [4.78, 5) is 27.5. The van der Waals surface area contributed by atoms with E-state index in [1.807, 2.05) is 19.9 Å². The van der Waals surface area contributed by atoms with Crippen molar-refractivity contribution in [3.8, 4) is 17.2 Å². The van der Waals surface area contributed by atoms with Crippen LogP contribution in [0.5, 0.6) is 17.2 Å². The zero-order valence-electron chi connectivity index (χ0n) is 20.9. The smallest absolute Gasteiger partial charge is 0.270 e. The van der Waals surface area contributed by atoms with E-state index in [1.54, 1.807) is 60.7 Å². The fraction of sp³-hybridized carbons (Fsp3) is 0.179. The number of amides is 2. The molecule has 0 saturated carbocycles. The Morgan fingerprint density at radius 2 is 1.84 bits per heavy atom. The highest BCUT2D eigenvalue weighted by Gasteiger charge is 2.33. The van der Waals surface area contributed by atoms with Crippen LogP contribution in [0, 0.1) is 6.92 Å². The molecule has 0 aliphatic carbocycles. The van der Waals surface area contributed by atoms with Crippen molar-refractivity contribution in [2.45, 2.75) is 13.8 Å². The molecule has 10 heteroatoms. The van der Waals surface area contributed by atoms with Crippen LogP contribution in [-0.4, -0.2) is 36.5 Å². The standard InChI is InChI=1S/C28H25ClN2O5S2/c1-4-35-21-10-8-20(9-11-21)31-27(33)25(38-28(31)37)14-18-6-12-23(24(13-18)34-3)36-16-26(32)30-19-7-5-17(2)22(29)15-19/h5-15H,4,16H2,1-3H3,(H,30,32)/b25-14-. The molecule has 4 rings (SSSR count). The highest BCUT2D eigenvalue weighted by molar-refractivity contribution is 8.27. The quantitative estimate of drug-likeness (QED) is 0.234. The molecule has 1 fully saturated rings. The van der Waals surface area contributed by atoms with Gasteiger partial charge in [-0.15, -0.1) is 0 Å². The summed E-state index contributed by atoms with van der Waals surface area (Å²) in [5.74, 6) is 0.990. The van der Waals surface area contributed by atoms with E-state index in [1.165, 1.54) is 23.8 Å². The number of thioether (sulfide) groups is 1. The lowest BCUT2D eigenvalue weighted by Crippen LogP contribution is -2.27. The van der Waals surface area contributed by atoms with Gasteiger partial charge in [0.1, 0.15) is 5.75 Å². The first kappa shape index (κ1) is 27.5. The molecule has 2 amide bonds. The number of aryl methyl sites for hydroxylation is 1. The Hall–Kier alpha value is -3.53. The molecule has 7 nitrogen and oxygen atoms in total. The van der Waals surface area contributed by atoms with Crippen molar-refractivity contribution in [2.24, 2.45) is 0 Å². The van der Waals surface area contributed by atoms with Gasteiger partial charge in [0, 0.05) is 10.7 Å². The predicted molar refractivity (Wildman–Crippen MR) is 157 cm³/mol. The van der Waals surface area contributed by atoms with Crippen LogP contribution >= 0.6 is 35.6 Å². The van der Waals surface area contributed by atoms with Gasteiger partial charge in [-0.1, -0.05) is 47.7 Å². The number of hydrogen-bond acceptors (Lipinski definition) is 7. The number of rotatable bonds is 9. The molecule has 1 aliphatic rings. The maximum Gasteiger partial charge on any atom is 0.270 e. The van der Waals surface area contributed by atoms with E-state index in [4.69, 9.17) is 38.0 Å². The first-order chi connectivity index (χ1) is 18.3. The number of carbonyl (C=O) groups is 2. The van der Waals surface area contributed by atoms with Gasteiger partial charge in [0.05, 0.1) is 24.3 Å². The molecule has 3 aromatic carbocycles. The maximum absolute atomic E-state index is 13.1. The van der Waals surface area contributed by atoms with Gasteiger partial charge in [-0.3, -0.25) is 14.5 Å². The molecule has 1 heterocycles. The van der Waals surface area contributed by atoms with Crippen LogP contribution in [0.4, 0.5) is 11.4 Å². The largest absolute Gasteiger partial charge is 0.494 e. The van der Waals surface area contributed by atoms with Crippen molar-refractivity contribution in [1.82, 2.24) is 0 Å².